The van der Waals surface area contributed by atoms with Crippen molar-refractivity contribution >= 4 is 12.0 Å². The van der Waals surface area contributed by atoms with E-state index in [9.17, 15) is 9.59 Å². The van der Waals surface area contributed by atoms with Crippen LogP contribution >= 0.6 is 0 Å². The second kappa shape index (κ2) is 7.94. The van der Waals surface area contributed by atoms with Crippen molar-refractivity contribution in [2.45, 2.75) is 51.6 Å². The van der Waals surface area contributed by atoms with Gasteiger partial charge in [-0.05, 0) is 51.2 Å². The highest BCUT2D eigenvalue weighted by atomic mass is 16.4. The number of rotatable bonds is 5. The zero-order valence-corrected chi connectivity index (χ0v) is 13.7. The Morgan fingerprint density at radius 3 is 2.61 bits per heavy atom. The first kappa shape index (κ1) is 17.2. The highest BCUT2D eigenvalue weighted by Crippen LogP contribution is 2.25. The molecular formula is C17H25N3O3. The molecule has 2 rings (SSSR count). The Balaban J connectivity index is 1.92. The van der Waals surface area contributed by atoms with Crippen LogP contribution in [0.25, 0.3) is 0 Å². The molecule has 126 valence electrons. The van der Waals surface area contributed by atoms with E-state index in [1.165, 1.54) is 0 Å². The van der Waals surface area contributed by atoms with Gasteiger partial charge in [-0.1, -0.05) is 6.07 Å². The molecule has 1 unspecified atom stereocenters. The number of aromatic nitrogens is 1. The predicted octanol–water partition coefficient (Wildman–Crippen LogP) is 2.82. The number of urea groups is 1. The molecule has 1 aromatic heterocycles. The number of amides is 2. The van der Waals surface area contributed by atoms with Crippen LogP contribution in [0.15, 0.2) is 24.5 Å². The fourth-order valence-electron chi connectivity index (χ4n) is 3.14. The number of hydrogen-bond acceptors (Lipinski definition) is 3. The molecule has 6 nitrogen and oxygen atoms in total. The van der Waals surface area contributed by atoms with E-state index in [1.807, 2.05) is 26.0 Å². The lowest BCUT2D eigenvalue weighted by molar-refractivity contribution is -0.142. The lowest BCUT2D eigenvalue weighted by atomic mass is 9.86. The van der Waals surface area contributed by atoms with Gasteiger partial charge in [-0.15, -0.1) is 0 Å². The maximum atomic E-state index is 12.6. The molecule has 2 amide bonds. The summed E-state index contributed by atoms with van der Waals surface area (Å²) in [5.74, 6) is -0.991. The van der Waals surface area contributed by atoms with Gasteiger partial charge >= 0.3 is 12.0 Å². The van der Waals surface area contributed by atoms with E-state index in [4.69, 9.17) is 5.11 Å². The second-order valence-corrected chi connectivity index (χ2v) is 6.08. The van der Waals surface area contributed by atoms with Gasteiger partial charge in [0.05, 0.1) is 12.0 Å². The molecule has 1 aliphatic carbocycles. The largest absolute Gasteiger partial charge is 0.481 e. The maximum absolute atomic E-state index is 12.6. The number of pyridine rings is 1. The smallest absolute Gasteiger partial charge is 0.318 e. The van der Waals surface area contributed by atoms with E-state index in [-0.39, 0.29) is 24.0 Å². The quantitative estimate of drug-likeness (QED) is 0.874. The Labute approximate surface area is 136 Å². The van der Waals surface area contributed by atoms with Gasteiger partial charge in [0.15, 0.2) is 0 Å². The molecular weight excluding hydrogens is 294 g/mol. The topological polar surface area (TPSA) is 82.5 Å². The molecule has 0 spiro atoms. The number of carboxylic acids is 1. The fourth-order valence-corrected chi connectivity index (χ4v) is 3.14. The summed E-state index contributed by atoms with van der Waals surface area (Å²) in [6, 6.07) is 3.75. The van der Waals surface area contributed by atoms with Crippen LogP contribution in [0.2, 0.25) is 0 Å². The van der Waals surface area contributed by atoms with Crippen molar-refractivity contribution in [3.05, 3.63) is 30.1 Å². The summed E-state index contributed by atoms with van der Waals surface area (Å²) in [5, 5.41) is 12.1. The highest BCUT2D eigenvalue weighted by molar-refractivity contribution is 5.75. The molecule has 0 radical (unpaired) electrons. The van der Waals surface area contributed by atoms with Gasteiger partial charge in [0.25, 0.3) is 0 Å². The van der Waals surface area contributed by atoms with E-state index >= 15 is 0 Å². The number of nitrogens with zero attached hydrogens (tertiary/aromatic N) is 2. The molecule has 1 heterocycles. The molecule has 0 bridgehead atoms. The van der Waals surface area contributed by atoms with Crippen LogP contribution in [0.3, 0.4) is 0 Å². The van der Waals surface area contributed by atoms with Crippen molar-refractivity contribution < 1.29 is 14.7 Å². The van der Waals surface area contributed by atoms with Crippen LogP contribution in [0, 0.1) is 5.92 Å². The molecule has 1 atom stereocenters. The maximum Gasteiger partial charge on any atom is 0.318 e. The van der Waals surface area contributed by atoms with E-state index in [1.54, 1.807) is 17.3 Å². The summed E-state index contributed by atoms with van der Waals surface area (Å²) in [6.07, 6.45) is 6.20. The SMILES string of the molecule is CCN(C(=O)NC1CCC(C(=O)O)CC1)C(C)c1cccnc1. The van der Waals surface area contributed by atoms with Gasteiger partial charge in [0.2, 0.25) is 0 Å². The molecule has 0 aliphatic heterocycles. The first-order valence-electron chi connectivity index (χ1n) is 8.22. The fraction of sp³-hybridized carbons (Fsp3) is 0.588. The molecule has 1 aromatic rings. The Bertz CT molecular complexity index is 527. The van der Waals surface area contributed by atoms with Crippen molar-refractivity contribution in [1.82, 2.24) is 15.2 Å². The third kappa shape index (κ3) is 4.43. The average Bonchev–Trinajstić information content (AvgIpc) is 2.56. The second-order valence-electron chi connectivity index (χ2n) is 6.08. The highest BCUT2D eigenvalue weighted by Gasteiger charge is 2.28. The molecule has 0 aromatic carbocycles. The van der Waals surface area contributed by atoms with E-state index in [0.29, 0.717) is 19.4 Å². The average molecular weight is 319 g/mol. The van der Waals surface area contributed by atoms with Crippen LogP contribution in [-0.2, 0) is 4.79 Å². The lowest BCUT2D eigenvalue weighted by Crippen LogP contribution is -2.47. The number of aliphatic carboxylic acids is 1. The summed E-state index contributed by atoms with van der Waals surface area (Å²) in [5.41, 5.74) is 0.999. The Morgan fingerprint density at radius 1 is 1.39 bits per heavy atom. The lowest BCUT2D eigenvalue weighted by Gasteiger charge is -2.32. The summed E-state index contributed by atoms with van der Waals surface area (Å²) >= 11 is 0. The van der Waals surface area contributed by atoms with E-state index < -0.39 is 5.97 Å². The number of hydrogen-bond donors (Lipinski definition) is 2. The van der Waals surface area contributed by atoms with E-state index in [0.717, 1.165) is 18.4 Å². The van der Waals surface area contributed by atoms with Crippen molar-refractivity contribution in [2.24, 2.45) is 5.92 Å². The van der Waals surface area contributed by atoms with Crippen LogP contribution in [0.5, 0.6) is 0 Å². The summed E-state index contributed by atoms with van der Waals surface area (Å²) < 4.78 is 0. The molecule has 1 fully saturated rings. The van der Waals surface area contributed by atoms with Crippen molar-refractivity contribution in [3.63, 3.8) is 0 Å². The van der Waals surface area contributed by atoms with E-state index in [2.05, 4.69) is 10.3 Å². The summed E-state index contributed by atoms with van der Waals surface area (Å²) in [7, 11) is 0. The third-order valence-electron chi connectivity index (χ3n) is 4.64. The van der Waals surface area contributed by atoms with Gasteiger partial charge in [-0.2, -0.15) is 0 Å². The predicted molar refractivity (Wildman–Crippen MR) is 86.9 cm³/mol. The molecule has 6 heteroatoms. The zero-order valence-electron chi connectivity index (χ0n) is 13.7. The Morgan fingerprint density at radius 2 is 2.09 bits per heavy atom. The van der Waals surface area contributed by atoms with Gasteiger partial charge in [0.1, 0.15) is 0 Å². The Kier molecular flexibility index (Phi) is 5.96. The number of nitrogens with one attached hydrogen (secondary N) is 1. The standard InChI is InChI=1S/C17H25N3O3/c1-3-20(12(2)14-5-4-10-18-11-14)17(23)19-15-8-6-13(7-9-15)16(21)22/h4-5,10-13,15H,3,6-9H2,1-2H3,(H,19,23)(H,21,22). The van der Waals surface area contributed by atoms with Gasteiger partial charge in [-0.3, -0.25) is 9.78 Å². The third-order valence-corrected chi connectivity index (χ3v) is 4.64. The first-order valence-corrected chi connectivity index (χ1v) is 8.22. The molecule has 0 saturated heterocycles. The van der Waals surface area contributed by atoms with Crippen molar-refractivity contribution in [1.29, 1.82) is 0 Å². The molecule has 23 heavy (non-hydrogen) atoms. The number of carbonyl (C=O) groups excluding carboxylic acids is 1. The molecule has 1 aliphatic rings. The Hall–Kier alpha value is -2.11. The van der Waals surface area contributed by atoms with Crippen LogP contribution in [0.1, 0.15) is 51.1 Å². The van der Waals surface area contributed by atoms with Gasteiger partial charge in [0, 0.05) is 25.0 Å². The molecule has 2 N–H and O–H groups in total. The minimum absolute atomic E-state index is 0.0518. The number of carbonyl (C=O) groups is 2. The zero-order chi connectivity index (χ0) is 16.8. The minimum atomic E-state index is -0.727. The monoisotopic (exact) mass is 319 g/mol. The van der Waals surface area contributed by atoms with Crippen molar-refractivity contribution in [2.75, 3.05) is 6.54 Å². The summed E-state index contributed by atoms with van der Waals surface area (Å²) in [6.45, 7) is 4.54. The first-order chi connectivity index (χ1) is 11.0. The van der Waals surface area contributed by atoms with Crippen molar-refractivity contribution in [3.8, 4) is 0 Å². The number of carboxylic acid groups (broad SMARTS) is 1. The minimum Gasteiger partial charge on any atom is -0.481 e. The normalized spacial score (nSPS) is 22.2. The van der Waals surface area contributed by atoms with Gasteiger partial charge < -0.3 is 15.3 Å². The van der Waals surface area contributed by atoms with Crippen LogP contribution in [0.4, 0.5) is 4.79 Å². The van der Waals surface area contributed by atoms with Gasteiger partial charge in [-0.25, -0.2) is 4.79 Å². The van der Waals surface area contributed by atoms with Crippen LogP contribution < -0.4 is 5.32 Å². The summed E-state index contributed by atoms with van der Waals surface area (Å²) in [4.78, 5) is 29.4. The van der Waals surface area contributed by atoms with Crippen LogP contribution in [-0.4, -0.2) is 39.6 Å². The molecule has 1 saturated carbocycles.